The number of hydrogen-bond donors (Lipinski definition) is 0. The van der Waals surface area contributed by atoms with Crippen LogP contribution in [0.4, 0.5) is 20.2 Å². The highest BCUT2D eigenvalue weighted by Crippen LogP contribution is 2.56. The van der Waals surface area contributed by atoms with Gasteiger partial charge in [-0.25, -0.2) is 8.78 Å². The lowest BCUT2D eigenvalue weighted by molar-refractivity contribution is -0.123. The van der Waals surface area contributed by atoms with Crippen LogP contribution in [0, 0.1) is 11.6 Å². The summed E-state index contributed by atoms with van der Waals surface area (Å²) >= 11 is 7.39. The molecule has 0 N–H and O–H groups in total. The monoisotopic (exact) mass is 456 g/mol. The number of carbonyl (C=O) groups is 2. The molecule has 8 heteroatoms. The predicted octanol–water partition coefficient (Wildman–Crippen LogP) is 5.10. The van der Waals surface area contributed by atoms with Crippen LogP contribution in [0.25, 0.3) is 0 Å². The molecule has 3 aromatic rings. The molecule has 156 valence electrons. The fourth-order valence-electron chi connectivity index (χ4n) is 4.17. The fourth-order valence-corrected chi connectivity index (χ4v) is 5.75. The van der Waals surface area contributed by atoms with Crippen LogP contribution in [-0.4, -0.2) is 17.6 Å². The van der Waals surface area contributed by atoms with E-state index in [2.05, 4.69) is 0 Å². The Hall–Kier alpha value is -2.90. The zero-order chi connectivity index (χ0) is 21.8. The number of hydrogen-bond acceptors (Lipinski definition) is 3. The van der Waals surface area contributed by atoms with Crippen LogP contribution < -0.4 is 9.80 Å². The number of para-hydroxylation sites is 1. The Morgan fingerprint density at radius 3 is 2.55 bits per heavy atom. The van der Waals surface area contributed by atoms with Crippen molar-refractivity contribution in [3.8, 4) is 0 Å². The van der Waals surface area contributed by atoms with E-state index < -0.39 is 22.4 Å². The molecule has 0 radical (unpaired) electrons. The van der Waals surface area contributed by atoms with E-state index in [1.54, 1.807) is 36.4 Å². The van der Waals surface area contributed by atoms with Crippen LogP contribution in [0.15, 0.2) is 66.7 Å². The van der Waals surface area contributed by atoms with E-state index in [-0.39, 0.29) is 28.8 Å². The van der Waals surface area contributed by atoms with Crippen molar-refractivity contribution in [1.82, 2.24) is 0 Å². The third kappa shape index (κ3) is 2.95. The molecule has 31 heavy (non-hydrogen) atoms. The first-order chi connectivity index (χ1) is 14.9. The third-order valence-corrected chi connectivity index (χ3v) is 7.25. The summed E-state index contributed by atoms with van der Waals surface area (Å²) in [5.41, 5.74) is 1.66. The van der Waals surface area contributed by atoms with Gasteiger partial charge >= 0.3 is 0 Å². The van der Waals surface area contributed by atoms with E-state index in [1.807, 2.05) is 0 Å². The highest BCUT2D eigenvalue weighted by atomic mass is 35.5. The number of thioether (sulfide) groups is 1. The number of nitrogens with zero attached hydrogens (tertiary/aromatic N) is 2. The molecule has 1 fully saturated rings. The molecule has 0 aromatic heterocycles. The number of benzene rings is 3. The molecule has 0 saturated carbocycles. The van der Waals surface area contributed by atoms with Crippen LogP contribution >= 0.6 is 23.4 Å². The van der Waals surface area contributed by atoms with E-state index in [1.165, 1.54) is 51.9 Å². The molecule has 1 saturated heterocycles. The Morgan fingerprint density at radius 2 is 1.77 bits per heavy atom. The first-order valence-corrected chi connectivity index (χ1v) is 10.9. The second-order valence-corrected chi connectivity index (χ2v) is 8.83. The van der Waals surface area contributed by atoms with Gasteiger partial charge in [-0.1, -0.05) is 41.9 Å². The second-order valence-electron chi connectivity index (χ2n) is 7.25. The van der Waals surface area contributed by atoms with Crippen molar-refractivity contribution in [3.05, 3.63) is 94.5 Å². The van der Waals surface area contributed by atoms with Gasteiger partial charge in [0.15, 0.2) is 0 Å². The quantitative estimate of drug-likeness (QED) is 0.550. The number of carbonyl (C=O) groups excluding carboxylic acids is 2. The third-order valence-electron chi connectivity index (χ3n) is 5.51. The Kier molecular flexibility index (Phi) is 4.75. The van der Waals surface area contributed by atoms with E-state index >= 15 is 0 Å². The van der Waals surface area contributed by atoms with Gasteiger partial charge in [0.1, 0.15) is 11.6 Å². The van der Waals surface area contributed by atoms with E-state index in [9.17, 15) is 18.4 Å². The zero-order valence-corrected chi connectivity index (χ0v) is 17.6. The average Bonchev–Trinajstić information content (AvgIpc) is 3.21. The molecule has 3 aromatic carbocycles. The summed E-state index contributed by atoms with van der Waals surface area (Å²) in [7, 11) is 0. The van der Waals surface area contributed by atoms with Gasteiger partial charge in [-0.05, 0) is 36.4 Å². The van der Waals surface area contributed by atoms with Gasteiger partial charge in [0.2, 0.25) is 10.8 Å². The second kappa shape index (κ2) is 7.35. The molecule has 4 nitrogen and oxygen atoms in total. The number of rotatable bonds is 3. The maximum atomic E-state index is 14.5. The van der Waals surface area contributed by atoms with Crippen molar-refractivity contribution in [2.24, 2.45) is 0 Å². The molecule has 2 aliphatic heterocycles. The van der Waals surface area contributed by atoms with Gasteiger partial charge in [0.25, 0.3) is 5.91 Å². The summed E-state index contributed by atoms with van der Waals surface area (Å²) in [6.45, 7) is -0.0884. The minimum absolute atomic E-state index is 0.0604. The topological polar surface area (TPSA) is 40.6 Å². The van der Waals surface area contributed by atoms with E-state index in [0.29, 0.717) is 16.9 Å². The van der Waals surface area contributed by atoms with Gasteiger partial charge < -0.3 is 4.90 Å². The van der Waals surface area contributed by atoms with Crippen LogP contribution in [-0.2, 0) is 21.0 Å². The van der Waals surface area contributed by atoms with Gasteiger partial charge in [0, 0.05) is 21.8 Å². The molecule has 1 atom stereocenters. The van der Waals surface area contributed by atoms with Gasteiger partial charge in [-0.2, -0.15) is 0 Å². The average molecular weight is 457 g/mol. The van der Waals surface area contributed by atoms with Crippen molar-refractivity contribution in [1.29, 1.82) is 0 Å². The zero-order valence-electron chi connectivity index (χ0n) is 16.0. The summed E-state index contributed by atoms with van der Waals surface area (Å²) in [6.07, 6.45) is 0. The summed E-state index contributed by atoms with van der Waals surface area (Å²) in [5, 5.41) is 0.211. The summed E-state index contributed by atoms with van der Waals surface area (Å²) < 4.78 is 28.5. The standard InChI is InChI=1S/C23H15ClF2N2O2S/c24-18-8-4-9-19(26)16(18)12-27-20-10-2-1-7-17(20)23(22(27)30)28(21(29)13-31-23)15-6-3-5-14(25)11-15/h1-11H,12-13H2/t23-/m0/s1. The molecule has 0 bridgehead atoms. The largest absolute Gasteiger partial charge is 0.304 e. The molecule has 2 aliphatic rings. The van der Waals surface area contributed by atoms with Crippen LogP contribution in [0.2, 0.25) is 5.02 Å². The Labute approximate surface area is 186 Å². The molecule has 5 rings (SSSR count). The van der Waals surface area contributed by atoms with Crippen molar-refractivity contribution < 1.29 is 18.4 Å². The molecule has 0 aliphatic carbocycles. The lowest BCUT2D eigenvalue weighted by Gasteiger charge is -2.33. The van der Waals surface area contributed by atoms with Crippen molar-refractivity contribution >= 4 is 46.6 Å². The Balaban J connectivity index is 1.67. The maximum absolute atomic E-state index is 14.5. The SMILES string of the molecule is O=C1CS[C@@]2(C(=O)N(Cc3c(F)cccc3Cl)c3ccccc32)N1c1cccc(F)c1. The van der Waals surface area contributed by atoms with Crippen LogP contribution in [0.1, 0.15) is 11.1 Å². The molecule has 1 spiro atoms. The fraction of sp³-hybridized carbons (Fsp3) is 0.130. The van der Waals surface area contributed by atoms with Crippen LogP contribution in [0.5, 0.6) is 0 Å². The first kappa shape index (κ1) is 20.0. The Bertz CT molecular complexity index is 1220. The van der Waals surface area contributed by atoms with Crippen molar-refractivity contribution in [2.75, 3.05) is 15.6 Å². The lowest BCUT2D eigenvalue weighted by atomic mass is 10.0. The minimum atomic E-state index is -1.39. The van der Waals surface area contributed by atoms with Crippen molar-refractivity contribution in [2.45, 2.75) is 11.4 Å². The highest BCUT2D eigenvalue weighted by molar-refractivity contribution is 8.02. The summed E-state index contributed by atoms with van der Waals surface area (Å²) in [4.78, 5) is 28.2. The van der Waals surface area contributed by atoms with E-state index in [0.717, 1.165) is 0 Å². The predicted molar refractivity (Wildman–Crippen MR) is 117 cm³/mol. The maximum Gasteiger partial charge on any atom is 0.269 e. The molecular formula is C23H15ClF2N2O2S. The summed E-state index contributed by atoms with van der Waals surface area (Å²) in [6, 6.07) is 17.0. The smallest absolute Gasteiger partial charge is 0.269 e. The lowest BCUT2D eigenvalue weighted by Crippen LogP contribution is -2.49. The summed E-state index contributed by atoms with van der Waals surface area (Å²) in [5.74, 6) is -1.66. The molecule has 2 heterocycles. The Morgan fingerprint density at radius 1 is 1.00 bits per heavy atom. The van der Waals surface area contributed by atoms with Crippen molar-refractivity contribution in [3.63, 3.8) is 0 Å². The highest BCUT2D eigenvalue weighted by Gasteiger charge is 2.61. The first-order valence-electron chi connectivity index (χ1n) is 9.50. The molecule has 2 amide bonds. The van der Waals surface area contributed by atoms with Crippen LogP contribution in [0.3, 0.4) is 0 Å². The van der Waals surface area contributed by atoms with Gasteiger partial charge in [-0.3, -0.25) is 14.5 Å². The minimum Gasteiger partial charge on any atom is -0.304 e. The van der Waals surface area contributed by atoms with E-state index in [4.69, 9.17) is 11.6 Å². The number of fused-ring (bicyclic) bond motifs is 2. The normalized spacial score (nSPS) is 20.1. The molecule has 0 unspecified atom stereocenters. The van der Waals surface area contributed by atoms with Gasteiger partial charge in [0.05, 0.1) is 18.0 Å². The number of anilines is 2. The van der Waals surface area contributed by atoms with Gasteiger partial charge in [-0.15, -0.1) is 11.8 Å². The number of halogens is 3. The molecular weight excluding hydrogens is 442 g/mol. The number of amides is 2.